The summed E-state index contributed by atoms with van der Waals surface area (Å²) in [6.45, 7) is 3.61. The number of hydrogen-bond donors (Lipinski definition) is 2. The largest absolute Gasteiger partial charge is 0.506 e. The summed E-state index contributed by atoms with van der Waals surface area (Å²) >= 11 is 0. The van der Waals surface area contributed by atoms with Crippen LogP contribution in [-0.2, 0) is 9.53 Å². The molecule has 0 amide bonds. The van der Waals surface area contributed by atoms with Crippen molar-refractivity contribution in [3.8, 4) is 11.5 Å². The van der Waals surface area contributed by atoms with Crippen molar-refractivity contribution in [2.24, 2.45) is 5.41 Å². The van der Waals surface area contributed by atoms with E-state index in [4.69, 9.17) is 9.47 Å². The Labute approximate surface area is 142 Å². The van der Waals surface area contributed by atoms with Gasteiger partial charge in [0.2, 0.25) is 0 Å². The number of benzene rings is 2. The summed E-state index contributed by atoms with van der Waals surface area (Å²) in [6, 6.07) is 14.0. The highest BCUT2D eigenvalue weighted by atomic mass is 16.5. The van der Waals surface area contributed by atoms with E-state index in [0.717, 1.165) is 11.3 Å². The number of phenolic OH excluding ortho intramolecular Hbond substituents is 1. The maximum atomic E-state index is 12.3. The zero-order chi connectivity index (χ0) is 17.7. The number of hydrogen-bond acceptors (Lipinski definition) is 5. The molecule has 0 saturated heterocycles. The topological polar surface area (TPSA) is 67.8 Å². The lowest BCUT2D eigenvalue weighted by Crippen LogP contribution is -2.36. The van der Waals surface area contributed by atoms with Gasteiger partial charge >= 0.3 is 5.97 Å². The number of para-hydroxylation sites is 2. The average Bonchev–Trinajstić information content (AvgIpc) is 2.60. The van der Waals surface area contributed by atoms with Gasteiger partial charge in [0.1, 0.15) is 11.5 Å². The number of carbonyl (C=O) groups is 1. The molecule has 0 aliphatic carbocycles. The molecule has 24 heavy (non-hydrogen) atoms. The van der Waals surface area contributed by atoms with Crippen LogP contribution in [-0.4, -0.2) is 25.3 Å². The Morgan fingerprint density at radius 1 is 1.08 bits per heavy atom. The van der Waals surface area contributed by atoms with Gasteiger partial charge in [0, 0.05) is 0 Å². The van der Waals surface area contributed by atoms with E-state index in [-0.39, 0.29) is 11.7 Å². The molecule has 1 atom stereocenters. The van der Waals surface area contributed by atoms with Crippen LogP contribution in [0.5, 0.6) is 11.5 Å². The van der Waals surface area contributed by atoms with Crippen molar-refractivity contribution in [3.63, 3.8) is 0 Å². The normalized spacial score (nSPS) is 12.3. The third-order valence-corrected chi connectivity index (χ3v) is 4.09. The standard InChI is InChI=1S/C19H23NO4/c1-19(2,18(22)24-4)17(13-9-11-14(23-3)12-10-13)20-15-7-5-6-8-16(15)21/h5-12,17,20-21H,1-4H3/t17-/m0/s1. The first-order valence-corrected chi connectivity index (χ1v) is 7.67. The molecule has 5 nitrogen and oxygen atoms in total. The molecule has 0 spiro atoms. The molecule has 0 bridgehead atoms. The summed E-state index contributed by atoms with van der Waals surface area (Å²) in [5.41, 5.74) is 0.579. The fourth-order valence-corrected chi connectivity index (χ4v) is 2.61. The van der Waals surface area contributed by atoms with Gasteiger partial charge in [-0.15, -0.1) is 0 Å². The zero-order valence-electron chi connectivity index (χ0n) is 14.4. The third kappa shape index (κ3) is 3.62. The highest BCUT2D eigenvalue weighted by Gasteiger charge is 2.39. The first kappa shape index (κ1) is 17.7. The van der Waals surface area contributed by atoms with Gasteiger partial charge in [-0.1, -0.05) is 24.3 Å². The van der Waals surface area contributed by atoms with E-state index in [1.165, 1.54) is 7.11 Å². The minimum absolute atomic E-state index is 0.122. The molecule has 0 heterocycles. The van der Waals surface area contributed by atoms with Crippen LogP contribution in [0.4, 0.5) is 5.69 Å². The Hall–Kier alpha value is -2.69. The number of esters is 1. The number of carbonyl (C=O) groups excluding carboxylic acids is 1. The Kier molecular flexibility index (Phi) is 5.34. The molecule has 5 heteroatoms. The van der Waals surface area contributed by atoms with E-state index < -0.39 is 11.5 Å². The summed E-state index contributed by atoms with van der Waals surface area (Å²) in [5.74, 6) is 0.513. The van der Waals surface area contributed by atoms with Crippen molar-refractivity contribution in [1.29, 1.82) is 0 Å². The molecule has 2 aromatic rings. The van der Waals surface area contributed by atoms with Gasteiger partial charge in [-0.05, 0) is 43.7 Å². The highest BCUT2D eigenvalue weighted by Crippen LogP contribution is 2.39. The molecule has 0 aliphatic heterocycles. The minimum Gasteiger partial charge on any atom is -0.506 e. The summed E-state index contributed by atoms with van der Waals surface area (Å²) in [4.78, 5) is 12.3. The van der Waals surface area contributed by atoms with E-state index in [2.05, 4.69) is 5.32 Å². The summed E-state index contributed by atoms with van der Waals surface area (Å²) < 4.78 is 10.2. The van der Waals surface area contributed by atoms with Crippen LogP contribution >= 0.6 is 0 Å². The van der Waals surface area contributed by atoms with E-state index >= 15 is 0 Å². The molecular weight excluding hydrogens is 306 g/mol. The predicted molar refractivity (Wildman–Crippen MR) is 93.3 cm³/mol. The Morgan fingerprint density at radius 2 is 1.71 bits per heavy atom. The van der Waals surface area contributed by atoms with Crippen molar-refractivity contribution in [2.45, 2.75) is 19.9 Å². The van der Waals surface area contributed by atoms with Gasteiger partial charge in [0.05, 0.1) is 31.4 Å². The lowest BCUT2D eigenvalue weighted by Gasteiger charge is -2.33. The SMILES string of the molecule is COC(=O)C(C)(C)[C@@H](Nc1ccccc1O)c1ccc(OC)cc1. The third-order valence-electron chi connectivity index (χ3n) is 4.09. The van der Waals surface area contributed by atoms with E-state index in [1.54, 1.807) is 39.2 Å². The van der Waals surface area contributed by atoms with Crippen LogP contribution in [0.25, 0.3) is 0 Å². The second kappa shape index (κ2) is 7.25. The molecule has 0 unspecified atom stereocenters. The van der Waals surface area contributed by atoms with Crippen molar-refractivity contribution >= 4 is 11.7 Å². The first-order valence-electron chi connectivity index (χ1n) is 7.67. The fourth-order valence-electron chi connectivity index (χ4n) is 2.61. The Bertz CT molecular complexity index is 695. The smallest absolute Gasteiger partial charge is 0.313 e. The van der Waals surface area contributed by atoms with Crippen molar-refractivity contribution < 1.29 is 19.4 Å². The van der Waals surface area contributed by atoms with Gasteiger partial charge in [0.25, 0.3) is 0 Å². The van der Waals surface area contributed by atoms with Crippen LogP contribution in [0.15, 0.2) is 48.5 Å². The van der Waals surface area contributed by atoms with Gasteiger partial charge in [-0.25, -0.2) is 0 Å². The first-order chi connectivity index (χ1) is 11.4. The second-order valence-electron chi connectivity index (χ2n) is 6.08. The van der Waals surface area contributed by atoms with Crippen LogP contribution in [0.3, 0.4) is 0 Å². The molecule has 2 aromatic carbocycles. The number of phenols is 1. The lowest BCUT2D eigenvalue weighted by atomic mass is 9.80. The summed E-state index contributed by atoms with van der Waals surface area (Å²) in [5, 5.41) is 13.3. The molecule has 2 N–H and O–H groups in total. The summed E-state index contributed by atoms with van der Waals surface area (Å²) in [6.07, 6.45) is 0. The molecule has 0 aliphatic rings. The van der Waals surface area contributed by atoms with Crippen LogP contribution in [0.2, 0.25) is 0 Å². The number of anilines is 1. The van der Waals surface area contributed by atoms with Crippen molar-refractivity contribution in [2.75, 3.05) is 19.5 Å². The van der Waals surface area contributed by atoms with E-state index in [1.807, 2.05) is 30.3 Å². The van der Waals surface area contributed by atoms with Crippen LogP contribution < -0.4 is 10.1 Å². The van der Waals surface area contributed by atoms with Crippen molar-refractivity contribution in [1.82, 2.24) is 0 Å². The number of rotatable bonds is 6. The monoisotopic (exact) mass is 329 g/mol. The van der Waals surface area contributed by atoms with E-state index in [0.29, 0.717) is 5.69 Å². The van der Waals surface area contributed by atoms with Gasteiger partial charge in [-0.3, -0.25) is 4.79 Å². The number of nitrogens with one attached hydrogen (secondary N) is 1. The Morgan fingerprint density at radius 3 is 2.25 bits per heavy atom. The lowest BCUT2D eigenvalue weighted by molar-refractivity contribution is -0.151. The highest BCUT2D eigenvalue weighted by molar-refractivity contribution is 5.78. The van der Waals surface area contributed by atoms with Crippen molar-refractivity contribution in [3.05, 3.63) is 54.1 Å². The van der Waals surface area contributed by atoms with Crippen LogP contribution in [0, 0.1) is 5.41 Å². The maximum Gasteiger partial charge on any atom is 0.313 e. The summed E-state index contributed by atoms with van der Waals surface area (Å²) in [7, 11) is 2.97. The number of aromatic hydroxyl groups is 1. The molecule has 0 aromatic heterocycles. The zero-order valence-corrected chi connectivity index (χ0v) is 14.4. The molecule has 0 fully saturated rings. The fraction of sp³-hybridized carbons (Fsp3) is 0.316. The van der Waals surface area contributed by atoms with Gasteiger partial charge < -0.3 is 19.9 Å². The second-order valence-corrected chi connectivity index (χ2v) is 6.08. The molecule has 0 saturated carbocycles. The maximum absolute atomic E-state index is 12.3. The number of methoxy groups -OCH3 is 2. The minimum atomic E-state index is -0.856. The van der Waals surface area contributed by atoms with E-state index in [9.17, 15) is 9.90 Å². The van der Waals surface area contributed by atoms with Gasteiger partial charge in [0.15, 0.2) is 0 Å². The molecule has 0 radical (unpaired) electrons. The molecular formula is C19H23NO4. The number of ether oxygens (including phenoxy) is 2. The Balaban J connectivity index is 2.44. The molecule has 2 rings (SSSR count). The quantitative estimate of drug-likeness (QED) is 0.624. The van der Waals surface area contributed by atoms with Crippen LogP contribution in [0.1, 0.15) is 25.5 Å². The molecule has 128 valence electrons. The van der Waals surface area contributed by atoms with Gasteiger partial charge in [-0.2, -0.15) is 0 Å². The average molecular weight is 329 g/mol. The predicted octanol–water partition coefficient (Wildman–Crippen LogP) is 3.75.